The molecule has 3 heterocycles. The highest BCUT2D eigenvalue weighted by molar-refractivity contribution is 7.00. The van der Waals surface area contributed by atoms with Gasteiger partial charge in [0.25, 0.3) is 6.71 Å². The lowest BCUT2D eigenvalue weighted by Crippen LogP contribution is -2.62. The molecule has 1 aliphatic carbocycles. The molecule has 2 atom stereocenters. The molecule has 340 valence electrons. The fourth-order valence-corrected chi connectivity index (χ4v) is 12.4. The predicted molar refractivity (Wildman–Crippen MR) is 288 cm³/mol. The van der Waals surface area contributed by atoms with Crippen molar-refractivity contribution in [2.45, 2.75) is 169 Å². The summed E-state index contributed by atoms with van der Waals surface area (Å²) in [5.41, 5.74) is 23.8. The lowest BCUT2D eigenvalue weighted by molar-refractivity contribution is 0.195. The molecular weight excluding hydrogens is 798 g/mol. The zero-order valence-corrected chi connectivity index (χ0v) is 43.1. The first-order valence-corrected chi connectivity index (χ1v) is 25.0. The topological polar surface area (TPSA) is 9.72 Å². The van der Waals surface area contributed by atoms with Crippen LogP contribution in [0.25, 0.3) is 0 Å². The van der Waals surface area contributed by atoms with Crippen molar-refractivity contribution in [1.82, 2.24) is 0 Å². The van der Waals surface area contributed by atoms with Crippen LogP contribution in [-0.2, 0) is 27.1 Å². The molecule has 0 radical (unpaired) electrons. The summed E-state index contributed by atoms with van der Waals surface area (Å²) in [7, 11) is 0. The molecular formula is C62H74BN3. The van der Waals surface area contributed by atoms with E-state index < -0.39 is 0 Å². The van der Waals surface area contributed by atoms with Crippen LogP contribution >= 0.6 is 0 Å². The van der Waals surface area contributed by atoms with Crippen molar-refractivity contribution < 1.29 is 0 Å². The van der Waals surface area contributed by atoms with Gasteiger partial charge in [0.15, 0.2) is 0 Å². The van der Waals surface area contributed by atoms with Crippen molar-refractivity contribution in [1.29, 1.82) is 0 Å². The molecule has 0 N–H and O–H groups in total. The molecule has 0 spiro atoms. The Balaban J connectivity index is 1.36. The number of anilines is 8. The van der Waals surface area contributed by atoms with E-state index in [1.165, 1.54) is 120 Å². The van der Waals surface area contributed by atoms with E-state index in [-0.39, 0.29) is 39.3 Å². The number of fused-ring (bicyclic) bond motifs is 7. The van der Waals surface area contributed by atoms with Gasteiger partial charge in [-0.15, -0.1) is 0 Å². The molecule has 66 heavy (non-hydrogen) atoms. The van der Waals surface area contributed by atoms with E-state index in [0.29, 0.717) is 0 Å². The van der Waals surface area contributed by atoms with E-state index in [1.807, 2.05) is 0 Å². The minimum atomic E-state index is -0.0976. The van der Waals surface area contributed by atoms with Gasteiger partial charge in [-0.2, -0.15) is 0 Å². The van der Waals surface area contributed by atoms with E-state index in [4.69, 9.17) is 0 Å². The normalized spacial score (nSPS) is 20.2. The van der Waals surface area contributed by atoms with Gasteiger partial charge in [-0.25, -0.2) is 0 Å². The maximum Gasteiger partial charge on any atom is 0.252 e. The van der Waals surface area contributed by atoms with Gasteiger partial charge in [-0.1, -0.05) is 170 Å². The monoisotopic (exact) mass is 872 g/mol. The summed E-state index contributed by atoms with van der Waals surface area (Å²) in [6.45, 7) is 38.0. The zero-order chi connectivity index (χ0) is 47.3. The Labute approximate surface area is 398 Å². The van der Waals surface area contributed by atoms with Gasteiger partial charge in [-0.3, -0.25) is 0 Å². The summed E-state index contributed by atoms with van der Waals surface area (Å²) in [5, 5.41) is 0. The molecule has 1 saturated carbocycles. The summed E-state index contributed by atoms with van der Waals surface area (Å²) in [4.78, 5) is 8.14. The average Bonchev–Trinajstić information content (AvgIpc) is 3.45. The molecule has 3 aliphatic heterocycles. The smallest absolute Gasteiger partial charge is 0.252 e. The summed E-state index contributed by atoms with van der Waals surface area (Å²) in [6, 6.07) is 44.0. The standard InChI is InChI=1S/C62H74BN3/c1-39-33-41(57(3,4)5)24-28-49(39)64-52-30-26-43(59(9,10)11)35-48(52)63-47-27-23-44(60(12,13)14)36-53(47)65(50-29-25-42(34-40(50)2)58(6,7)8)55-38-45(37-54(64)56(55)63)66-51-22-18-17-21-46(51)61(15)31-19-20-32-62(61,66)16/h17-18,21-30,33-38H,19-20,31-32H2,1-16H3. The highest BCUT2D eigenvalue weighted by Gasteiger charge is 2.58. The third kappa shape index (κ3) is 6.65. The van der Waals surface area contributed by atoms with Crippen LogP contribution in [0, 0.1) is 13.8 Å². The van der Waals surface area contributed by atoms with E-state index in [1.54, 1.807) is 0 Å². The van der Waals surface area contributed by atoms with Gasteiger partial charge < -0.3 is 14.7 Å². The van der Waals surface area contributed by atoms with Crippen LogP contribution < -0.4 is 31.1 Å². The van der Waals surface area contributed by atoms with Crippen LogP contribution in [0.5, 0.6) is 0 Å². The molecule has 0 amide bonds. The fraction of sp³-hybridized carbons (Fsp3) is 0.419. The Bertz CT molecular complexity index is 2950. The number of aryl methyl sites for hydroxylation is 2. The molecule has 10 rings (SSSR count). The van der Waals surface area contributed by atoms with Crippen molar-refractivity contribution in [2.75, 3.05) is 14.7 Å². The molecule has 0 aromatic heterocycles. The van der Waals surface area contributed by atoms with Crippen LogP contribution in [0.15, 0.2) is 109 Å². The number of para-hydroxylation sites is 1. The zero-order valence-electron chi connectivity index (χ0n) is 43.1. The summed E-state index contributed by atoms with van der Waals surface area (Å²) < 4.78 is 0. The second-order valence-electron chi connectivity index (χ2n) is 25.2. The third-order valence-corrected chi connectivity index (χ3v) is 16.7. The van der Waals surface area contributed by atoms with Gasteiger partial charge in [-0.05, 0) is 153 Å². The van der Waals surface area contributed by atoms with Crippen molar-refractivity contribution in [3.05, 3.63) is 148 Å². The molecule has 2 unspecified atom stereocenters. The molecule has 1 fully saturated rings. The highest BCUT2D eigenvalue weighted by Crippen LogP contribution is 2.62. The average molecular weight is 872 g/mol. The van der Waals surface area contributed by atoms with Gasteiger partial charge in [0.1, 0.15) is 0 Å². The summed E-state index contributed by atoms with van der Waals surface area (Å²) in [5.74, 6) is 0. The largest absolute Gasteiger partial charge is 0.334 e. The van der Waals surface area contributed by atoms with E-state index >= 15 is 0 Å². The molecule has 6 aromatic rings. The minimum Gasteiger partial charge on any atom is -0.334 e. The summed E-state index contributed by atoms with van der Waals surface area (Å²) >= 11 is 0. The predicted octanol–water partition coefficient (Wildman–Crippen LogP) is 15.3. The Morgan fingerprint density at radius 2 is 0.909 bits per heavy atom. The minimum absolute atomic E-state index is 0.0200. The lowest BCUT2D eigenvalue weighted by Gasteiger charge is -2.51. The van der Waals surface area contributed by atoms with E-state index in [2.05, 4.69) is 235 Å². The molecule has 0 saturated heterocycles. The second kappa shape index (κ2) is 14.6. The Hall–Kier alpha value is -5.22. The van der Waals surface area contributed by atoms with Crippen LogP contribution in [0.3, 0.4) is 0 Å². The van der Waals surface area contributed by atoms with Crippen LogP contribution in [0.2, 0.25) is 0 Å². The Morgan fingerprint density at radius 3 is 1.45 bits per heavy atom. The van der Waals surface area contributed by atoms with Crippen LogP contribution in [-0.4, -0.2) is 12.3 Å². The van der Waals surface area contributed by atoms with Gasteiger partial charge in [0.2, 0.25) is 0 Å². The van der Waals surface area contributed by atoms with Crippen molar-refractivity contribution in [2.24, 2.45) is 0 Å². The number of nitrogens with zero attached hydrogens (tertiary/aromatic N) is 3. The van der Waals surface area contributed by atoms with E-state index in [9.17, 15) is 0 Å². The quantitative estimate of drug-likeness (QED) is 0.164. The van der Waals surface area contributed by atoms with Crippen molar-refractivity contribution >= 4 is 68.6 Å². The van der Waals surface area contributed by atoms with E-state index in [0.717, 1.165) is 6.42 Å². The van der Waals surface area contributed by atoms with Crippen molar-refractivity contribution in [3.63, 3.8) is 0 Å². The SMILES string of the molecule is Cc1cc(C(C)(C)C)ccc1N1c2ccc(C(C)(C)C)cc2B2c3ccc(C(C)(C)C)cc3N(c3ccc(C(C)(C)C)cc3C)c3cc(N4c5ccccc5C5(C)CCCCC45C)cc1c32. The Kier molecular flexibility index (Phi) is 9.90. The van der Waals surface area contributed by atoms with Crippen LogP contribution in [0.4, 0.5) is 45.5 Å². The lowest BCUT2D eigenvalue weighted by atomic mass is 9.33. The molecule has 4 aliphatic rings. The number of hydrogen-bond donors (Lipinski definition) is 0. The van der Waals surface area contributed by atoms with Crippen LogP contribution in [0.1, 0.15) is 162 Å². The first-order valence-electron chi connectivity index (χ1n) is 25.0. The number of hydrogen-bond acceptors (Lipinski definition) is 3. The highest BCUT2D eigenvalue weighted by atomic mass is 15.3. The molecule has 4 heteroatoms. The van der Waals surface area contributed by atoms with Gasteiger partial charge >= 0.3 is 0 Å². The first kappa shape index (κ1) is 44.6. The molecule has 6 aromatic carbocycles. The second-order valence-corrected chi connectivity index (χ2v) is 25.2. The maximum atomic E-state index is 2.80. The third-order valence-electron chi connectivity index (χ3n) is 16.7. The molecule has 3 nitrogen and oxygen atoms in total. The van der Waals surface area contributed by atoms with Gasteiger partial charge in [0.05, 0.1) is 5.54 Å². The molecule has 0 bridgehead atoms. The Morgan fingerprint density at radius 1 is 0.439 bits per heavy atom. The fourth-order valence-electron chi connectivity index (χ4n) is 12.4. The number of benzene rings is 6. The number of rotatable bonds is 3. The van der Waals surface area contributed by atoms with Crippen molar-refractivity contribution in [3.8, 4) is 0 Å². The maximum absolute atomic E-state index is 2.80. The first-order chi connectivity index (χ1) is 30.8. The van der Waals surface area contributed by atoms with Gasteiger partial charge in [0, 0.05) is 50.9 Å². The summed E-state index contributed by atoms with van der Waals surface area (Å²) in [6.07, 6.45) is 4.85.